The summed E-state index contributed by atoms with van der Waals surface area (Å²) in [7, 11) is 0. The number of rotatable bonds is 6. The van der Waals surface area contributed by atoms with Gasteiger partial charge in [0, 0.05) is 0 Å². The summed E-state index contributed by atoms with van der Waals surface area (Å²) in [6, 6.07) is 0. The number of esters is 1. The van der Waals surface area contributed by atoms with Gasteiger partial charge in [0.25, 0.3) is 0 Å². The van der Waals surface area contributed by atoms with Crippen molar-refractivity contribution in [3.05, 3.63) is 0 Å². The fourth-order valence-corrected chi connectivity index (χ4v) is 2.08. The van der Waals surface area contributed by atoms with E-state index in [0.717, 1.165) is 19.3 Å². The maximum atomic E-state index is 12.4. The Balaban J connectivity index is 5.14. The highest BCUT2D eigenvalue weighted by molar-refractivity contribution is 5.77. The van der Waals surface area contributed by atoms with Crippen molar-refractivity contribution in [1.29, 1.82) is 0 Å². The second-order valence-corrected chi connectivity index (χ2v) is 7.41. The maximum absolute atomic E-state index is 12.4. The van der Waals surface area contributed by atoms with E-state index in [4.69, 9.17) is 4.74 Å². The van der Waals surface area contributed by atoms with Gasteiger partial charge in [0.15, 0.2) is 0 Å². The summed E-state index contributed by atoms with van der Waals surface area (Å²) in [6.07, 6.45) is 2.81. The summed E-state index contributed by atoms with van der Waals surface area (Å²) in [6.45, 7) is 17.6. The molecular weight excluding hydrogens is 224 g/mol. The second-order valence-electron chi connectivity index (χ2n) is 7.41. The Labute approximate surface area is 113 Å². The predicted octanol–water partition coefficient (Wildman–Crippen LogP) is 4.82. The first-order valence-electron chi connectivity index (χ1n) is 7.17. The molecule has 0 saturated heterocycles. The quantitative estimate of drug-likeness (QED) is 0.637. The van der Waals surface area contributed by atoms with Crippen molar-refractivity contribution in [2.75, 3.05) is 6.61 Å². The molecule has 0 aromatic heterocycles. The topological polar surface area (TPSA) is 26.3 Å². The van der Waals surface area contributed by atoms with Crippen LogP contribution in [0.15, 0.2) is 0 Å². The molecule has 0 aliphatic heterocycles. The van der Waals surface area contributed by atoms with Crippen molar-refractivity contribution in [2.45, 2.75) is 74.7 Å². The van der Waals surface area contributed by atoms with Crippen molar-refractivity contribution < 1.29 is 9.53 Å². The molecule has 1 unspecified atom stereocenters. The lowest BCUT2D eigenvalue weighted by molar-refractivity contribution is -0.165. The highest BCUT2D eigenvalue weighted by atomic mass is 16.5. The molecule has 2 nitrogen and oxygen atoms in total. The fourth-order valence-electron chi connectivity index (χ4n) is 2.08. The van der Waals surface area contributed by atoms with Crippen LogP contribution in [0.4, 0.5) is 0 Å². The molecule has 0 heterocycles. The molecule has 0 amide bonds. The Morgan fingerprint density at radius 1 is 1.00 bits per heavy atom. The zero-order valence-electron chi connectivity index (χ0n) is 13.6. The van der Waals surface area contributed by atoms with Crippen LogP contribution < -0.4 is 0 Å². The van der Waals surface area contributed by atoms with Crippen LogP contribution in [0.3, 0.4) is 0 Å². The first-order valence-corrected chi connectivity index (χ1v) is 7.17. The molecule has 0 radical (unpaired) electrons. The first kappa shape index (κ1) is 17.5. The Kier molecular flexibility index (Phi) is 5.90. The molecule has 0 spiro atoms. The van der Waals surface area contributed by atoms with Gasteiger partial charge in [0.1, 0.15) is 0 Å². The second kappa shape index (κ2) is 6.08. The molecule has 0 aliphatic carbocycles. The first-order chi connectivity index (χ1) is 8.00. The van der Waals surface area contributed by atoms with E-state index in [1.807, 2.05) is 6.92 Å². The molecule has 0 saturated carbocycles. The molecule has 108 valence electrons. The van der Waals surface area contributed by atoms with Crippen molar-refractivity contribution in [2.24, 2.45) is 16.2 Å². The maximum Gasteiger partial charge on any atom is 0.312 e. The summed E-state index contributed by atoms with van der Waals surface area (Å²) in [4.78, 5) is 12.4. The van der Waals surface area contributed by atoms with Crippen molar-refractivity contribution in [3.8, 4) is 0 Å². The van der Waals surface area contributed by atoms with Crippen LogP contribution in [0, 0.1) is 16.2 Å². The van der Waals surface area contributed by atoms with Gasteiger partial charge in [0.05, 0.1) is 12.0 Å². The number of hydrogen-bond acceptors (Lipinski definition) is 2. The lowest BCUT2D eigenvalue weighted by Crippen LogP contribution is -2.44. The van der Waals surface area contributed by atoms with Gasteiger partial charge in [-0.1, -0.05) is 54.9 Å². The van der Waals surface area contributed by atoms with Crippen molar-refractivity contribution >= 4 is 5.97 Å². The molecule has 1 atom stereocenters. The zero-order valence-corrected chi connectivity index (χ0v) is 13.6. The van der Waals surface area contributed by atoms with Crippen LogP contribution in [0.5, 0.6) is 0 Å². The number of carbonyl (C=O) groups excluding carboxylic acids is 1. The van der Waals surface area contributed by atoms with E-state index in [0.29, 0.717) is 6.61 Å². The summed E-state index contributed by atoms with van der Waals surface area (Å²) in [5.41, 5.74) is -0.362. The van der Waals surface area contributed by atoms with Crippen LogP contribution in [-0.4, -0.2) is 12.6 Å². The van der Waals surface area contributed by atoms with Crippen LogP contribution in [0.1, 0.15) is 74.7 Å². The molecule has 0 aliphatic rings. The number of carbonyl (C=O) groups is 1. The summed E-state index contributed by atoms with van der Waals surface area (Å²) in [5.74, 6) is -0.0432. The van der Waals surface area contributed by atoms with Gasteiger partial charge in [-0.15, -0.1) is 0 Å². The summed E-state index contributed by atoms with van der Waals surface area (Å²) >= 11 is 0. The minimum absolute atomic E-state index is 0.0432. The van der Waals surface area contributed by atoms with Crippen LogP contribution in [-0.2, 0) is 9.53 Å². The largest absolute Gasteiger partial charge is 0.465 e. The minimum Gasteiger partial charge on any atom is -0.465 e. The predicted molar refractivity (Wildman–Crippen MR) is 77.5 cm³/mol. The van der Waals surface area contributed by atoms with E-state index < -0.39 is 5.41 Å². The molecular formula is C16H32O2. The van der Waals surface area contributed by atoms with Gasteiger partial charge in [-0.3, -0.25) is 4.79 Å². The average Bonchev–Trinajstić information content (AvgIpc) is 2.23. The SMILES string of the molecule is CCCOC(=O)C(C)(CC(C)(C)CC)C(C)(C)C. The zero-order chi connectivity index (χ0) is 14.6. The Morgan fingerprint density at radius 2 is 1.50 bits per heavy atom. The van der Waals surface area contributed by atoms with Gasteiger partial charge in [-0.05, 0) is 30.6 Å². The van der Waals surface area contributed by atoms with Crippen molar-refractivity contribution in [1.82, 2.24) is 0 Å². The lowest BCUT2D eigenvalue weighted by Gasteiger charge is -2.44. The molecule has 0 N–H and O–H groups in total. The molecule has 0 bridgehead atoms. The third-order valence-corrected chi connectivity index (χ3v) is 4.33. The monoisotopic (exact) mass is 256 g/mol. The third-order valence-electron chi connectivity index (χ3n) is 4.33. The Morgan fingerprint density at radius 3 is 1.83 bits per heavy atom. The van der Waals surface area contributed by atoms with Gasteiger partial charge >= 0.3 is 5.97 Å². The van der Waals surface area contributed by atoms with E-state index in [1.54, 1.807) is 0 Å². The molecule has 0 rings (SSSR count). The fraction of sp³-hybridized carbons (Fsp3) is 0.938. The van der Waals surface area contributed by atoms with Gasteiger partial charge in [-0.25, -0.2) is 0 Å². The van der Waals surface area contributed by atoms with Gasteiger partial charge in [-0.2, -0.15) is 0 Å². The smallest absolute Gasteiger partial charge is 0.312 e. The highest BCUT2D eigenvalue weighted by Crippen LogP contribution is 2.48. The standard InChI is InChI=1S/C16H32O2/c1-9-11-18-13(17)16(8,14(3,4)5)12-15(6,7)10-2/h9-12H2,1-8H3. The number of hydrogen-bond donors (Lipinski definition) is 0. The number of ether oxygens (including phenoxy) is 1. The highest BCUT2D eigenvalue weighted by Gasteiger charge is 2.48. The molecule has 18 heavy (non-hydrogen) atoms. The van der Waals surface area contributed by atoms with E-state index in [-0.39, 0.29) is 16.8 Å². The third kappa shape index (κ3) is 4.29. The molecule has 2 heteroatoms. The van der Waals surface area contributed by atoms with Crippen molar-refractivity contribution in [3.63, 3.8) is 0 Å². The lowest BCUT2D eigenvalue weighted by atomic mass is 9.60. The van der Waals surface area contributed by atoms with E-state index in [1.165, 1.54) is 0 Å². The van der Waals surface area contributed by atoms with Crippen LogP contribution >= 0.6 is 0 Å². The van der Waals surface area contributed by atoms with E-state index >= 15 is 0 Å². The molecule has 0 aromatic carbocycles. The van der Waals surface area contributed by atoms with Gasteiger partial charge in [0.2, 0.25) is 0 Å². The van der Waals surface area contributed by atoms with E-state index in [9.17, 15) is 4.79 Å². The Bertz CT molecular complexity index is 273. The summed E-state index contributed by atoms with van der Waals surface area (Å²) in [5, 5.41) is 0. The average molecular weight is 256 g/mol. The van der Waals surface area contributed by atoms with E-state index in [2.05, 4.69) is 48.5 Å². The normalized spacial score (nSPS) is 16.2. The Hall–Kier alpha value is -0.530. The summed E-state index contributed by atoms with van der Waals surface area (Å²) < 4.78 is 5.43. The van der Waals surface area contributed by atoms with Crippen LogP contribution in [0.2, 0.25) is 0 Å². The van der Waals surface area contributed by atoms with Gasteiger partial charge < -0.3 is 4.74 Å². The molecule has 0 aromatic rings. The molecule has 0 fully saturated rings. The minimum atomic E-state index is -0.429. The van der Waals surface area contributed by atoms with Crippen LogP contribution in [0.25, 0.3) is 0 Å².